The van der Waals surface area contributed by atoms with Crippen molar-refractivity contribution in [3.05, 3.63) is 41.1 Å². The molecule has 26 heavy (non-hydrogen) atoms. The molecule has 0 aromatic heterocycles. The molecular formula is C17H22N4O5. The molecule has 0 radical (unpaired) electrons. The summed E-state index contributed by atoms with van der Waals surface area (Å²) in [6.07, 6.45) is -0.444. The summed E-state index contributed by atoms with van der Waals surface area (Å²) < 4.78 is -1.16. The fraction of sp³-hybridized carbons (Fsp3) is 0.471. The highest BCUT2D eigenvalue weighted by atomic mass is 16.6. The molecule has 0 aliphatic carbocycles. The molecule has 2 saturated heterocycles. The number of aliphatic carboxylic acids is 1. The van der Waals surface area contributed by atoms with Gasteiger partial charge in [-0.25, -0.2) is 4.76 Å². The number of nitrogens with one attached hydrogen (secondary N) is 2. The van der Waals surface area contributed by atoms with Crippen molar-refractivity contribution in [3.63, 3.8) is 0 Å². The Balaban J connectivity index is 1.77. The minimum absolute atomic E-state index is 0.0306. The number of hydroxylamine groups is 2. The van der Waals surface area contributed by atoms with Gasteiger partial charge in [0.15, 0.2) is 6.17 Å². The van der Waals surface area contributed by atoms with Crippen LogP contribution >= 0.6 is 0 Å². The van der Waals surface area contributed by atoms with Crippen molar-refractivity contribution in [3.8, 4) is 0 Å². The number of carboxylic acid groups (broad SMARTS) is 1. The van der Waals surface area contributed by atoms with Gasteiger partial charge < -0.3 is 15.6 Å². The number of hydrogen-bond donors (Lipinski definition) is 3. The Hall–Kier alpha value is -2.49. The molecule has 3 atom stereocenters. The highest BCUT2D eigenvalue weighted by Gasteiger charge is 2.47. The van der Waals surface area contributed by atoms with Gasteiger partial charge in [0.2, 0.25) is 5.91 Å². The molecule has 140 valence electrons. The van der Waals surface area contributed by atoms with Gasteiger partial charge in [-0.2, -0.15) is 5.01 Å². The van der Waals surface area contributed by atoms with Gasteiger partial charge in [-0.15, -0.1) is 0 Å². The number of carboxylic acids is 1. The molecule has 2 fully saturated rings. The average Bonchev–Trinajstić information content (AvgIpc) is 2.79. The summed E-state index contributed by atoms with van der Waals surface area (Å²) in [6, 6.07) is 9.12. The molecule has 2 heterocycles. The van der Waals surface area contributed by atoms with E-state index in [0.29, 0.717) is 0 Å². The van der Waals surface area contributed by atoms with E-state index in [9.17, 15) is 24.7 Å². The molecule has 2 unspecified atom stereocenters. The Labute approximate surface area is 150 Å². The zero-order chi connectivity index (χ0) is 18.7. The average molecular weight is 362 g/mol. The van der Waals surface area contributed by atoms with Gasteiger partial charge in [-0.05, 0) is 5.56 Å². The SMILES string of the molecule is O=C(Cc1ccccc1)NC1CCC(=O)N2CNC[C@H](C(=O)O)C[N+]12[O-]. The van der Waals surface area contributed by atoms with E-state index in [2.05, 4.69) is 10.6 Å². The Bertz CT molecular complexity index is 698. The van der Waals surface area contributed by atoms with E-state index >= 15 is 0 Å². The lowest BCUT2D eigenvalue weighted by Crippen LogP contribution is -2.72. The second kappa shape index (κ2) is 7.40. The minimum Gasteiger partial charge on any atom is -0.604 e. The Kier molecular flexibility index (Phi) is 5.21. The molecule has 2 aliphatic heterocycles. The van der Waals surface area contributed by atoms with Crippen LogP contribution < -0.4 is 10.6 Å². The fourth-order valence-corrected chi connectivity index (χ4v) is 3.46. The van der Waals surface area contributed by atoms with Crippen LogP contribution in [-0.2, 0) is 20.8 Å². The number of rotatable bonds is 4. The maximum atomic E-state index is 13.5. The fourth-order valence-electron chi connectivity index (χ4n) is 3.46. The topological polar surface area (TPSA) is 122 Å². The number of carbonyl (C=O) groups is 3. The van der Waals surface area contributed by atoms with Crippen molar-refractivity contribution in [2.45, 2.75) is 25.4 Å². The first-order chi connectivity index (χ1) is 12.4. The number of quaternary nitrogens is 1. The zero-order valence-corrected chi connectivity index (χ0v) is 14.3. The predicted molar refractivity (Wildman–Crippen MR) is 90.6 cm³/mol. The van der Waals surface area contributed by atoms with Crippen LogP contribution in [0.25, 0.3) is 0 Å². The number of hydrogen-bond acceptors (Lipinski definition) is 5. The van der Waals surface area contributed by atoms with Gasteiger partial charge in [0, 0.05) is 19.4 Å². The number of carbonyl (C=O) groups excluding carboxylic acids is 2. The van der Waals surface area contributed by atoms with Gasteiger partial charge in [0.05, 0.1) is 6.42 Å². The lowest BCUT2D eigenvalue weighted by atomic mass is 10.1. The van der Waals surface area contributed by atoms with Crippen molar-refractivity contribution in [2.24, 2.45) is 5.92 Å². The highest BCUT2D eigenvalue weighted by molar-refractivity contribution is 5.79. The molecule has 3 N–H and O–H groups in total. The Morgan fingerprint density at radius 2 is 2.08 bits per heavy atom. The van der Waals surface area contributed by atoms with Crippen LogP contribution in [0.5, 0.6) is 0 Å². The quantitative estimate of drug-likeness (QED) is 0.503. The van der Waals surface area contributed by atoms with Gasteiger partial charge in [0.1, 0.15) is 19.1 Å². The maximum Gasteiger partial charge on any atom is 0.313 e. The first-order valence-electron chi connectivity index (χ1n) is 8.56. The van der Waals surface area contributed by atoms with Crippen LogP contribution in [0, 0.1) is 11.1 Å². The van der Waals surface area contributed by atoms with E-state index in [-0.39, 0.29) is 50.8 Å². The second-order valence-electron chi connectivity index (χ2n) is 6.66. The normalized spacial score (nSPS) is 28.8. The van der Waals surface area contributed by atoms with Gasteiger partial charge in [-0.1, -0.05) is 30.3 Å². The number of nitrogens with zero attached hydrogens (tertiary/aromatic N) is 2. The largest absolute Gasteiger partial charge is 0.604 e. The first-order valence-corrected chi connectivity index (χ1v) is 8.56. The standard InChI is InChI=1S/C17H22N4O5/c22-15(8-12-4-2-1-3-5-12)19-14-6-7-16(23)20-11-18-9-13(17(24)25)10-21(14,20)26/h1-5,13-14,18H,6-11H2,(H,19,22)(H,24,25)/t13-,14?,21?/m0/s1. The smallest absolute Gasteiger partial charge is 0.313 e. The van der Waals surface area contributed by atoms with Gasteiger partial charge in [-0.3, -0.25) is 19.7 Å². The molecule has 2 aliphatic rings. The number of fused-ring (bicyclic) bond motifs is 1. The summed E-state index contributed by atoms with van der Waals surface area (Å²) in [5.74, 6) is -2.70. The van der Waals surface area contributed by atoms with E-state index in [0.717, 1.165) is 10.6 Å². The third-order valence-corrected chi connectivity index (χ3v) is 4.83. The Morgan fingerprint density at radius 3 is 2.77 bits per heavy atom. The molecule has 0 spiro atoms. The number of benzene rings is 1. The first kappa shape index (κ1) is 18.3. The van der Waals surface area contributed by atoms with Crippen molar-refractivity contribution >= 4 is 17.8 Å². The van der Waals surface area contributed by atoms with Crippen LogP contribution in [0.3, 0.4) is 0 Å². The molecule has 0 saturated carbocycles. The van der Waals surface area contributed by atoms with Crippen LogP contribution in [0.4, 0.5) is 0 Å². The predicted octanol–water partition coefficient (Wildman–Crippen LogP) is -0.215. The van der Waals surface area contributed by atoms with Crippen molar-refractivity contribution < 1.29 is 24.2 Å². The summed E-state index contributed by atoms with van der Waals surface area (Å²) >= 11 is 0. The molecule has 9 nitrogen and oxygen atoms in total. The van der Waals surface area contributed by atoms with E-state index < -0.39 is 22.8 Å². The van der Waals surface area contributed by atoms with E-state index in [4.69, 9.17) is 0 Å². The third kappa shape index (κ3) is 3.69. The molecule has 0 bridgehead atoms. The zero-order valence-electron chi connectivity index (χ0n) is 14.3. The molecule has 1 aromatic carbocycles. The maximum absolute atomic E-state index is 13.5. The van der Waals surface area contributed by atoms with Crippen LogP contribution in [0.1, 0.15) is 18.4 Å². The minimum atomic E-state index is -1.16. The van der Waals surface area contributed by atoms with Crippen molar-refractivity contribution in [2.75, 3.05) is 19.8 Å². The summed E-state index contributed by atoms with van der Waals surface area (Å²) in [7, 11) is 0. The van der Waals surface area contributed by atoms with Gasteiger partial charge in [0.25, 0.3) is 5.91 Å². The van der Waals surface area contributed by atoms with Crippen molar-refractivity contribution in [1.29, 1.82) is 0 Å². The van der Waals surface area contributed by atoms with E-state index in [1.165, 1.54) is 0 Å². The third-order valence-electron chi connectivity index (χ3n) is 4.83. The molecule has 3 rings (SSSR count). The molecule has 1 aromatic rings. The monoisotopic (exact) mass is 362 g/mol. The second-order valence-corrected chi connectivity index (χ2v) is 6.66. The van der Waals surface area contributed by atoms with Crippen LogP contribution in [0.2, 0.25) is 0 Å². The van der Waals surface area contributed by atoms with Crippen molar-refractivity contribution in [1.82, 2.24) is 15.6 Å². The number of amides is 2. The van der Waals surface area contributed by atoms with Gasteiger partial charge >= 0.3 is 5.97 Å². The van der Waals surface area contributed by atoms with E-state index in [1.807, 2.05) is 30.3 Å². The summed E-state index contributed by atoms with van der Waals surface area (Å²) in [5, 5.41) is 29.5. The lowest BCUT2D eigenvalue weighted by Gasteiger charge is -2.55. The summed E-state index contributed by atoms with van der Waals surface area (Å²) in [4.78, 5) is 36.0. The molecule has 9 heteroatoms. The van der Waals surface area contributed by atoms with E-state index in [1.54, 1.807) is 0 Å². The van der Waals surface area contributed by atoms with Crippen LogP contribution in [-0.4, -0.2) is 58.6 Å². The molecular weight excluding hydrogens is 340 g/mol. The molecule has 2 amide bonds. The Morgan fingerprint density at radius 1 is 1.35 bits per heavy atom. The highest BCUT2D eigenvalue weighted by Crippen LogP contribution is 2.29. The summed E-state index contributed by atoms with van der Waals surface area (Å²) in [5.41, 5.74) is 0.812. The lowest BCUT2D eigenvalue weighted by molar-refractivity contribution is -1.01. The van der Waals surface area contributed by atoms with Crippen LogP contribution in [0.15, 0.2) is 30.3 Å². The summed E-state index contributed by atoms with van der Waals surface area (Å²) in [6.45, 7) is -0.229.